The molecule has 5 nitrogen and oxygen atoms in total. The monoisotopic (exact) mass is 286 g/mol. The third kappa shape index (κ3) is 16.6. The van der Waals surface area contributed by atoms with Gasteiger partial charge >= 0.3 is 5.97 Å². The second-order valence-electron chi connectivity index (χ2n) is 5.00. The predicted molar refractivity (Wildman–Crippen MR) is 82.2 cm³/mol. The van der Waals surface area contributed by atoms with Crippen molar-refractivity contribution in [1.82, 2.24) is 0 Å². The molecule has 0 spiro atoms. The zero-order valence-corrected chi connectivity index (χ0v) is 12.9. The summed E-state index contributed by atoms with van der Waals surface area (Å²) >= 11 is 0. The van der Waals surface area contributed by atoms with Crippen molar-refractivity contribution in [3.05, 3.63) is 12.2 Å². The lowest BCUT2D eigenvalue weighted by Crippen LogP contribution is -2.29. The SMILES string of the molecule is C=C(C)C(N)=O.CCCCCCCCCC(N)C(=O)O. The summed E-state index contributed by atoms with van der Waals surface area (Å²) in [5.74, 6) is -1.31. The maximum atomic E-state index is 10.4. The number of hydrogen-bond acceptors (Lipinski definition) is 3. The van der Waals surface area contributed by atoms with Gasteiger partial charge in [-0.05, 0) is 13.3 Å². The molecule has 0 aromatic carbocycles. The maximum Gasteiger partial charge on any atom is 0.320 e. The predicted octanol–water partition coefficient (Wildman–Crippen LogP) is 2.59. The molecule has 0 aromatic rings. The number of unbranched alkanes of at least 4 members (excludes halogenated alkanes) is 6. The number of carbonyl (C=O) groups is 2. The second-order valence-corrected chi connectivity index (χ2v) is 5.00. The van der Waals surface area contributed by atoms with E-state index in [0.29, 0.717) is 12.0 Å². The van der Waals surface area contributed by atoms with Gasteiger partial charge < -0.3 is 16.6 Å². The topological polar surface area (TPSA) is 106 Å². The Morgan fingerprint density at radius 2 is 1.50 bits per heavy atom. The highest BCUT2D eigenvalue weighted by Crippen LogP contribution is 2.09. The molecule has 20 heavy (non-hydrogen) atoms. The number of amides is 1. The summed E-state index contributed by atoms with van der Waals surface area (Å²) in [5.41, 5.74) is 10.5. The highest BCUT2D eigenvalue weighted by Gasteiger charge is 2.09. The molecule has 0 saturated carbocycles. The van der Waals surface area contributed by atoms with Crippen LogP contribution in [-0.2, 0) is 9.59 Å². The van der Waals surface area contributed by atoms with Crippen LogP contribution in [0.25, 0.3) is 0 Å². The Kier molecular flexibility index (Phi) is 14.7. The number of carboxylic acids is 1. The minimum absolute atomic E-state index is 0.398. The standard InChI is InChI=1S/C11H23NO2.C4H7NO/c1-2-3-4-5-6-7-8-9-10(12)11(13)14;1-3(2)4(5)6/h10H,2-9,12H2,1H3,(H,13,14);1H2,2H3,(H2,5,6). The van der Waals surface area contributed by atoms with Crippen LogP contribution in [0.3, 0.4) is 0 Å². The first kappa shape index (κ1) is 20.9. The molecule has 5 N–H and O–H groups in total. The summed E-state index contributed by atoms with van der Waals surface area (Å²) in [6.07, 6.45) is 9.05. The highest BCUT2D eigenvalue weighted by atomic mass is 16.4. The van der Waals surface area contributed by atoms with Crippen LogP contribution in [0.15, 0.2) is 12.2 Å². The van der Waals surface area contributed by atoms with Gasteiger partial charge in [0.05, 0.1) is 0 Å². The molecule has 0 bridgehead atoms. The van der Waals surface area contributed by atoms with Crippen molar-refractivity contribution in [2.45, 2.75) is 71.3 Å². The molecule has 5 heteroatoms. The van der Waals surface area contributed by atoms with Gasteiger partial charge in [0.1, 0.15) is 6.04 Å². The first-order valence-corrected chi connectivity index (χ1v) is 7.26. The molecule has 0 rings (SSSR count). The van der Waals surface area contributed by atoms with Crippen LogP contribution < -0.4 is 11.5 Å². The third-order valence-electron chi connectivity index (χ3n) is 2.86. The molecule has 0 heterocycles. The van der Waals surface area contributed by atoms with E-state index in [2.05, 4.69) is 13.5 Å². The van der Waals surface area contributed by atoms with E-state index in [1.54, 1.807) is 6.92 Å². The van der Waals surface area contributed by atoms with Gasteiger partial charge in [-0.2, -0.15) is 0 Å². The van der Waals surface area contributed by atoms with Crippen molar-refractivity contribution >= 4 is 11.9 Å². The van der Waals surface area contributed by atoms with Crippen molar-refractivity contribution in [2.75, 3.05) is 0 Å². The molecule has 1 atom stereocenters. The molecule has 118 valence electrons. The van der Waals surface area contributed by atoms with Gasteiger partial charge in [0.15, 0.2) is 0 Å². The van der Waals surface area contributed by atoms with E-state index in [-0.39, 0.29) is 0 Å². The van der Waals surface area contributed by atoms with Gasteiger partial charge in [-0.15, -0.1) is 0 Å². The highest BCUT2D eigenvalue weighted by molar-refractivity contribution is 5.90. The smallest absolute Gasteiger partial charge is 0.320 e. The largest absolute Gasteiger partial charge is 0.480 e. The number of hydrogen-bond donors (Lipinski definition) is 3. The molecular formula is C15H30N2O3. The van der Waals surface area contributed by atoms with Crippen LogP contribution >= 0.6 is 0 Å². The minimum atomic E-state index is -0.879. The van der Waals surface area contributed by atoms with Crippen LogP contribution in [-0.4, -0.2) is 23.0 Å². The Morgan fingerprint density at radius 3 is 1.85 bits per heavy atom. The fourth-order valence-corrected chi connectivity index (χ4v) is 1.44. The normalized spacial score (nSPS) is 11.2. The Bertz CT molecular complexity index is 279. The lowest BCUT2D eigenvalue weighted by atomic mass is 10.1. The Morgan fingerprint density at radius 1 is 1.10 bits per heavy atom. The zero-order valence-electron chi connectivity index (χ0n) is 12.9. The van der Waals surface area contributed by atoms with Crippen molar-refractivity contribution < 1.29 is 14.7 Å². The number of carboxylic acid groups (broad SMARTS) is 1. The summed E-state index contributed by atoms with van der Waals surface area (Å²) in [5, 5.41) is 8.53. The lowest BCUT2D eigenvalue weighted by molar-refractivity contribution is -0.138. The van der Waals surface area contributed by atoms with E-state index >= 15 is 0 Å². The summed E-state index contributed by atoms with van der Waals surface area (Å²) in [6, 6.07) is -0.661. The summed E-state index contributed by atoms with van der Waals surface area (Å²) < 4.78 is 0. The molecule has 0 radical (unpaired) electrons. The summed E-state index contributed by atoms with van der Waals surface area (Å²) in [4.78, 5) is 20.2. The first-order chi connectivity index (χ1) is 9.32. The number of aliphatic carboxylic acids is 1. The van der Waals surface area contributed by atoms with Crippen molar-refractivity contribution in [3.8, 4) is 0 Å². The van der Waals surface area contributed by atoms with Crippen molar-refractivity contribution in [2.24, 2.45) is 11.5 Å². The molecule has 1 amide bonds. The number of nitrogens with two attached hydrogens (primary N) is 2. The van der Waals surface area contributed by atoms with E-state index < -0.39 is 17.9 Å². The van der Waals surface area contributed by atoms with Gasteiger partial charge in [-0.1, -0.05) is 58.4 Å². The average Bonchev–Trinajstić information content (AvgIpc) is 2.37. The molecule has 0 aliphatic rings. The average molecular weight is 286 g/mol. The molecule has 0 saturated heterocycles. The maximum absolute atomic E-state index is 10.4. The second kappa shape index (κ2) is 14.1. The van der Waals surface area contributed by atoms with Gasteiger partial charge in [0.25, 0.3) is 0 Å². The van der Waals surface area contributed by atoms with Gasteiger partial charge in [0, 0.05) is 5.57 Å². The van der Waals surface area contributed by atoms with Gasteiger partial charge in [-0.25, -0.2) is 0 Å². The number of carbonyl (C=O) groups excluding carboxylic acids is 1. The molecule has 0 fully saturated rings. The van der Waals surface area contributed by atoms with E-state index in [4.69, 9.17) is 16.6 Å². The van der Waals surface area contributed by atoms with E-state index in [0.717, 1.165) is 12.8 Å². The van der Waals surface area contributed by atoms with Crippen molar-refractivity contribution in [1.29, 1.82) is 0 Å². The third-order valence-corrected chi connectivity index (χ3v) is 2.86. The molecule has 0 aliphatic carbocycles. The molecular weight excluding hydrogens is 256 g/mol. The van der Waals surface area contributed by atoms with Crippen LogP contribution in [0.4, 0.5) is 0 Å². The minimum Gasteiger partial charge on any atom is -0.480 e. The first-order valence-electron chi connectivity index (χ1n) is 7.26. The fraction of sp³-hybridized carbons (Fsp3) is 0.733. The van der Waals surface area contributed by atoms with E-state index in [1.807, 2.05) is 0 Å². The quantitative estimate of drug-likeness (QED) is 0.424. The molecule has 0 aromatic heterocycles. The van der Waals surface area contributed by atoms with E-state index in [1.165, 1.54) is 32.1 Å². The fourth-order valence-electron chi connectivity index (χ4n) is 1.44. The Hall–Kier alpha value is -1.36. The number of rotatable bonds is 10. The van der Waals surface area contributed by atoms with Crippen LogP contribution in [0.5, 0.6) is 0 Å². The van der Waals surface area contributed by atoms with E-state index in [9.17, 15) is 9.59 Å². The Balaban J connectivity index is 0. The van der Waals surface area contributed by atoms with Gasteiger partial charge in [0.2, 0.25) is 5.91 Å². The van der Waals surface area contributed by atoms with Crippen LogP contribution in [0, 0.1) is 0 Å². The van der Waals surface area contributed by atoms with Crippen LogP contribution in [0.2, 0.25) is 0 Å². The van der Waals surface area contributed by atoms with Crippen LogP contribution in [0.1, 0.15) is 65.2 Å². The summed E-state index contributed by atoms with van der Waals surface area (Å²) in [6.45, 7) is 7.05. The lowest BCUT2D eigenvalue weighted by Gasteiger charge is -2.05. The number of primary amides is 1. The van der Waals surface area contributed by atoms with Crippen molar-refractivity contribution in [3.63, 3.8) is 0 Å². The molecule has 0 aliphatic heterocycles. The summed E-state index contributed by atoms with van der Waals surface area (Å²) in [7, 11) is 0. The molecule has 1 unspecified atom stereocenters. The Labute approximate surface area is 122 Å². The van der Waals surface area contributed by atoms with Gasteiger partial charge in [-0.3, -0.25) is 9.59 Å². The zero-order chi connectivity index (χ0) is 16.0.